The maximum atomic E-state index is 4.45. The van der Waals surface area contributed by atoms with Gasteiger partial charge in [-0.1, -0.05) is 24.3 Å². The molecule has 0 radical (unpaired) electrons. The molecule has 0 unspecified atom stereocenters. The highest BCUT2D eigenvalue weighted by Crippen LogP contribution is 2.23. The summed E-state index contributed by atoms with van der Waals surface area (Å²) < 4.78 is 0. The van der Waals surface area contributed by atoms with E-state index in [-0.39, 0.29) is 0 Å². The van der Waals surface area contributed by atoms with Gasteiger partial charge in [0.05, 0.1) is 10.7 Å². The van der Waals surface area contributed by atoms with Crippen molar-refractivity contribution in [3.63, 3.8) is 0 Å². The lowest BCUT2D eigenvalue weighted by Gasteiger charge is -2.04. The lowest BCUT2D eigenvalue weighted by Crippen LogP contribution is -1.92. The van der Waals surface area contributed by atoms with Crippen LogP contribution in [-0.2, 0) is 0 Å². The average Bonchev–Trinajstić information content (AvgIpc) is 2.86. The fourth-order valence-electron chi connectivity index (χ4n) is 1.92. The van der Waals surface area contributed by atoms with Crippen molar-refractivity contribution in [3.05, 3.63) is 52.6 Å². The van der Waals surface area contributed by atoms with Gasteiger partial charge < -0.3 is 0 Å². The van der Waals surface area contributed by atoms with Gasteiger partial charge in [-0.2, -0.15) is 0 Å². The van der Waals surface area contributed by atoms with E-state index >= 15 is 0 Å². The van der Waals surface area contributed by atoms with E-state index in [0.717, 1.165) is 27.7 Å². The van der Waals surface area contributed by atoms with Crippen LogP contribution in [0.3, 0.4) is 0 Å². The number of benzene rings is 1. The second-order valence-electron chi connectivity index (χ2n) is 4.36. The van der Waals surface area contributed by atoms with Crippen LogP contribution >= 0.6 is 11.3 Å². The fraction of sp³-hybridized carbons (Fsp3) is 0.133. The summed E-state index contributed by atoms with van der Waals surface area (Å²) in [4.78, 5) is 13.3. The van der Waals surface area contributed by atoms with Gasteiger partial charge in [-0.05, 0) is 19.4 Å². The fourth-order valence-corrected chi connectivity index (χ4v) is 2.54. The topological polar surface area (TPSA) is 38.7 Å². The van der Waals surface area contributed by atoms with Gasteiger partial charge in [-0.15, -0.1) is 11.3 Å². The normalized spacial score (nSPS) is 10.6. The van der Waals surface area contributed by atoms with Gasteiger partial charge in [0.25, 0.3) is 0 Å². The molecule has 0 fully saturated rings. The monoisotopic (exact) mass is 267 g/mol. The largest absolute Gasteiger partial charge is 0.241 e. The predicted octanol–water partition coefficient (Wildman–Crippen LogP) is 3.88. The summed E-state index contributed by atoms with van der Waals surface area (Å²) in [6.45, 7) is 4.06. The van der Waals surface area contributed by atoms with Gasteiger partial charge in [-0.25, -0.2) is 15.0 Å². The minimum Gasteiger partial charge on any atom is -0.241 e. The highest BCUT2D eigenvalue weighted by Gasteiger charge is 2.06. The Labute approximate surface area is 116 Å². The highest BCUT2D eigenvalue weighted by atomic mass is 32.1. The van der Waals surface area contributed by atoms with Crippen LogP contribution in [0.5, 0.6) is 0 Å². The van der Waals surface area contributed by atoms with E-state index in [1.54, 1.807) is 11.3 Å². The van der Waals surface area contributed by atoms with Crippen molar-refractivity contribution in [1.82, 2.24) is 15.0 Å². The summed E-state index contributed by atoms with van der Waals surface area (Å²) in [6.07, 6.45) is 3.67. The van der Waals surface area contributed by atoms with Crippen LogP contribution < -0.4 is 0 Å². The first-order valence-electron chi connectivity index (χ1n) is 6.04. The zero-order valence-corrected chi connectivity index (χ0v) is 11.6. The van der Waals surface area contributed by atoms with Gasteiger partial charge in [0.1, 0.15) is 0 Å². The molecule has 3 nitrogen and oxygen atoms in total. The molecule has 0 saturated heterocycles. The van der Waals surface area contributed by atoms with Crippen LogP contribution in [0.15, 0.2) is 42.0 Å². The molecule has 19 heavy (non-hydrogen) atoms. The molecule has 94 valence electrons. The molecule has 0 amide bonds. The van der Waals surface area contributed by atoms with Crippen molar-refractivity contribution in [3.8, 4) is 22.6 Å². The van der Waals surface area contributed by atoms with Gasteiger partial charge in [-0.3, -0.25) is 0 Å². The molecule has 2 heterocycles. The molecule has 3 rings (SSSR count). The van der Waals surface area contributed by atoms with Gasteiger partial charge in [0.15, 0.2) is 5.82 Å². The van der Waals surface area contributed by atoms with Crippen LogP contribution in [0.1, 0.15) is 10.6 Å². The first-order valence-corrected chi connectivity index (χ1v) is 6.92. The zero-order chi connectivity index (χ0) is 13.2. The third-order valence-electron chi connectivity index (χ3n) is 2.95. The van der Waals surface area contributed by atoms with E-state index in [9.17, 15) is 0 Å². The predicted molar refractivity (Wildman–Crippen MR) is 78.1 cm³/mol. The molecular formula is C15H13N3S. The minimum absolute atomic E-state index is 0.758. The summed E-state index contributed by atoms with van der Waals surface area (Å²) in [7, 11) is 0. The summed E-state index contributed by atoms with van der Waals surface area (Å²) in [6, 6.07) is 8.13. The second-order valence-corrected chi connectivity index (χ2v) is 5.42. The molecule has 2 aromatic heterocycles. The first kappa shape index (κ1) is 12.0. The quantitative estimate of drug-likeness (QED) is 0.707. The number of hydrogen-bond acceptors (Lipinski definition) is 4. The van der Waals surface area contributed by atoms with Crippen LogP contribution in [0.2, 0.25) is 0 Å². The number of aryl methyl sites for hydroxylation is 2. The summed E-state index contributed by atoms with van der Waals surface area (Å²) >= 11 is 1.64. The second kappa shape index (κ2) is 4.90. The highest BCUT2D eigenvalue weighted by molar-refractivity contribution is 7.09. The van der Waals surface area contributed by atoms with Crippen molar-refractivity contribution in [1.29, 1.82) is 0 Å². The molecule has 0 bridgehead atoms. The van der Waals surface area contributed by atoms with Crippen molar-refractivity contribution >= 4 is 11.3 Å². The number of aromatic nitrogens is 3. The van der Waals surface area contributed by atoms with E-state index in [2.05, 4.69) is 27.9 Å². The molecule has 1 aromatic carbocycles. The molecular weight excluding hydrogens is 254 g/mol. The summed E-state index contributed by atoms with van der Waals surface area (Å²) in [5.41, 5.74) is 4.16. The SMILES string of the molecule is Cc1nc(-c2cnc(-c3ccccc3C)nc2)cs1. The van der Waals surface area contributed by atoms with Gasteiger partial charge >= 0.3 is 0 Å². The lowest BCUT2D eigenvalue weighted by atomic mass is 10.1. The molecule has 3 aromatic rings. The van der Waals surface area contributed by atoms with Crippen molar-refractivity contribution in [2.45, 2.75) is 13.8 Å². The molecule has 0 aliphatic rings. The number of nitrogens with zero attached hydrogens (tertiary/aromatic N) is 3. The van der Waals surface area contributed by atoms with Crippen molar-refractivity contribution in [2.24, 2.45) is 0 Å². The Bertz CT molecular complexity index is 701. The molecule has 0 aliphatic carbocycles. The molecule has 0 atom stereocenters. The Morgan fingerprint density at radius 1 is 1.00 bits per heavy atom. The smallest absolute Gasteiger partial charge is 0.159 e. The van der Waals surface area contributed by atoms with Gasteiger partial charge in [0, 0.05) is 28.9 Å². The molecule has 0 spiro atoms. The number of hydrogen-bond donors (Lipinski definition) is 0. The van der Waals surface area contributed by atoms with Crippen molar-refractivity contribution in [2.75, 3.05) is 0 Å². The Balaban J connectivity index is 1.97. The Morgan fingerprint density at radius 3 is 2.37 bits per heavy atom. The van der Waals surface area contributed by atoms with E-state index in [1.807, 2.05) is 42.9 Å². The van der Waals surface area contributed by atoms with Crippen LogP contribution in [-0.4, -0.2) is 15.0 Å². The van der Waals surface area contributed by atoms with Crippen molar-refractivity contribution < 1.29 is 0 Å². The minimum atomic E-state index is 0.758. The molecule has 4 heteroatoms. The average molecular weight is 267 g/mol. The van der Waals surface area contributed by atoms with E-state index < -0.39 is 0 Å². The number of thiazole rings is 1. The zero-order valence-electron chi connectivity index (χ0n) is 10.8. The Kier molecular flexibility index (Phi) is 3.09. The van der Waals surface area contributed by atoms with Crippen LogP contribution in [0, 0.1) is 13.8 Å². The van der Waals surface area contributed by atoms with Crippen LogP contribution in [0.25, 0.3) is 22.6 Å². The Hall–Kier alpha value is -2.07. The van der Waals surface area contributed by atoms with E-state index in [1.165, 1.54) is 5.56 Å². The molecule has 0 aliphatic heterocycles. The van der Waals surface area contributed by atoms with Crippen LogP contribution in [0.4, 0.5) is 0 Å². The number of rotatable bonds is 2. The first-order chi connectivity index (χ1) is 9.24. The third kappa shape index (κ3) is 2.39. The Morgan fingerprint density at radius 2 is 1.74 bits per heavy atom. The summed E-state index contributed by atoms with van der Waals surface area (Å²) in [5, 5.41) is 3.08. The molecule has 0 saturated carbocycles. The third-order valence-corrected chi connectivity index (χ3v) is 3.73. The van der Waals surface area contributed by atoms with Gasteiger partial charge in [0.2, 0.25) is 0 Å². The molecule has 0 N–H and O–H groups in total. The van der Waals surface area contributed by atoms with E-state index in [0.29, 0.717) is 0 Å². The lowest BCUT2D eigenvalue weighted by molar-refractivity contribution is 1.16. The maximum absolute atomic E-state index is 4.45. The van der Waals surface area contributed by atoms with E-state index in [4.69, 9.17) is 0 Å². The standard InChI is InChI=1S/C15H13N3S/c1-10-5-3-4-6-13(10)15-16-7-12(8-17-15)14-9-19-11(2)18-14/h3-9H,1-2H3. The summed E-state index contributed by atoms with van der Waals surface area (Å²) in [5.74, 6) is 0.758. The maximum Gasteiger partial charge on any atom is 0.159 e.